The van der Waals surface area contributed by atoms with Gasteiger partial charge >= 0.3 is 0 Å². The number of carbonyl (C=O) groups is 2. The van der Waals surface area contributed by atoms with Crippen LogP contribution < -0.4 is 27.0 Å². The summed E-state index contributed by atoms with van der Waals surface area (Å²) in [5, 5.41) is 60.8. The third kappa shape index (κ3) is 16.6. The average Bonchev–Trinajstić information content (AvgIpc) is 2.98. The summed E-state index contributed by atoms with van der Waals surface area (Å²) in [6, 6.07) is -2.90. The van der Waals surface area contributed by atoms with E-state index in [9.17, 15) is 30.0 Å². The van der Waals surface area contributed by atoms with Crippen LogP contribution in [0.15, 0.2) is 17.1 Å². The molecule has 1 aliphatic carbocycles. The molecule has 0 saturated carbocycles. The molecule has 1 rings (SSSR count). The molecule has 13 nitrogen and oxygen atoms in total. The fourth-order valence-electron chi connectivity index (χ4n) is 5.66. The lowest BCUT2D eigenvalue weighted by atomic mass is 9.88. The number of aliphatic hydroxyl groups excluding tert-OH is 4. The molecule has 0 aromatic carbocycles. The number of allylic oxidation sites excluding steroid dienone is 2. The number of aliphatic imine (C=N–C) groups is 1. The molecule has 0 aromatic rings. The van der Waals surface area contributed by atoms with E-state index in [1.165, 1.54) is 0 Å². The van der Waals surface area contributed by atoms with Crippen LogP contribution in [0.3, 0.4) is 0 Å². The third-order valence-electron chi connectivity index (χ3n) is 8.37. The van der Waals surface area contributed by atoms with Gasteiger partial charge in [0.2, 0.25) is 11.8 Å². The van der Waals surface area contributed by atoms with E-state index in [2.05, 4.69) is 52.3 Å². The maximum absolute atomic E-state index is 13.8. The first kappa shape index (κ1) is 41.9. The van der Waals surface area contributed by atoms with E-state index in [0.717, 1.165) is 32.1 Å². The summed E-state index contributed by atoms with van der Waals surface area (Å²) in [6.45, 7) is 11.7. The average molecular weight is 657 g/mol. The summed E-state index contributed by atoms with van der Waals surface area (Å²) in [5.41, 5.74) is 6.42. The first-order chi connectivity index (χ1) is 21.7. The van der Waals surface area contributed by atoms with Gasteiger partial charge in [-0.25, -0.2) is 0 Å². The number of amidine groups is 1. The van der Waals surface area contributed by atoms with Crippen LogP contribution in [0, 0.1) is 17.8 Å². The van der Waals surface area contributed by atoms with Crippen LogP contribution >= 0.6 is 0 Å². The smallest absolute Gasteiger partial charge is 0.245 e. The Labute approximate surface area is 275 Å². The molecule has 0 bridgehead atoms. The molecule has 0 heterocycles. The highest BCUT2D eigenvalue weighted by molar-refractivity contribution is 5.94. The van der Waals surface area contributed by atoms with Gasteiger partial charge in [-0.3, -0.25) is 19.9 Å². The zero-order chi connectivity index (χ0) is 34.8. The quantitative estimate of drug-likeness (QED) is 0.0320. The topological polar surface area (TPSA) is 222 Å². The highest BCUT2D eigenvalue weighted by atomic mass is 16.5. The fraction of sp³-hybridized carbons (Fsp3) is 0.848. The number of hydrogen-bond donors (Lipinski definition) is 10. The molecule has 0 aromatic heterocycles. The molecule has 0 spiro atoms. The Morgan fingerprint density at radius 2 is 1.65 bits per heavy atom. The lowest BCUT2D eigenvalue weighted by Gasteiger charge is -2.30. The number of carbonyl (C=O) groups excluding carboxylic acids is 2. The molecule has 268 valence electrons. The van der Waals surface area contributed by atoms with Gasteiger partial charge in [-0.1, -0.05) is 46.8 Å². The van der Waals surface area contributed by atoms with Crippen LogP contribution in [0.25, 0.3) is 0 Å². The number of hydrogen-bond acceptors (Lipinski definition) is 10. The molecule has 0 aliphatic heterocycles. The van der Waals surface area contributed by atoms with E-state index in [1.807, 2.05) is 13.8 Å². The highest BCUT2D eigenvalue weighted by Crippen LogP contribution is 2.23. The lowest BCUT2D eigenvalue weighted by Crippen LogP contribution is -2.54. The Morgan fingerprint density at radius 1 is 0.957 bits per heavy atom. The molecule has 2 amide bonds. The fourth-order valence-corrected chi connectivity index (χ4v) is 5.66. The van der Waals surface area contributed by atoms with E-state index < -0.39 is 42.7 Å². The maximum atomic E-state index is 13.8. The van der Waals surface area contributed by atoms with Gasteiger partial charge in [0.1, 0.15) is 18.1 Å². The van der Waals surface area contributed by atoms with Gasteiger partial charge in [0.25, 0.3) is 0 Å². The zero-order valence-corrected chi connectivity index (χ0v) is 28.9. The van der Waals surface area contributed by atoms with Crippen LogP contribution in [0.1, 0.15) is 99.3 Å². The van der Waals surface area contributed by atoms with Gasteiger partial charge < -0.3 is 47.2 Å². The van der Waals surface area contributed by atoms with E-state index in [1.54, 1.807) is 13.8 Å². The summed E-state index contributed by atoms with van der Waals surface area (Å²) < 4.78 is 0. The first-order valence-corrected chi connectivity index (χ1v) is 17.1. The number of nitrogens with two attached hydrogens (primary N) is 1. The van der Waals surface area contributed by atoms with Gasteiger partial charge in [0.05, 0.1) is 18.2 Å². The Kier molecular flexibility index (Phi) is 20.4. The van der Waals surface area contributed by atoms with Crippen LogP contribution in [0.4, 0.5) is 0 Å². The Bertz CT molecular complexity index is 930. The van der Waals surface area contributed by atoms with Crippen molar-refractivity contribution in [3.63, 3.8) is 0 Å². The van der Waals surface area contributed by atoms with Crippen LogP contribution in [0.2, 0.25) is 0 Å². The van der Waals surface area contributed by atoms with Crippen molar-refractivity contribution >= 4 is 17.6 Å². The zero-order valence-electron chi connectivity index (χ0n) is 28.9. The molecule has 1 aliphatic rings. The van der Waals surface area contributed by atoms with Crippen molar-refractivity contribution in [1.82, 2.24) is 21.3 Å². The van der Waals surface area contributed by atoms with Crippen molar-refractivity contribution in [2.75, 3.05) is 13.2 Å². The minimum atomic E-state index is -1.63. The maximum Gasteiger partial charge on any atom is 0.245 e. The van der Waals surface area contributed by atoms with Crippen molar-refractivity contribution in [3.05, 3.63) is 12.2 Å². The second-order valence-electron chi connectivity index (χ2n) is 13.5. The van der Waals surface area contributed by atoms with Gasteiger partial charge in [-0.15, -0.1) is 0 Å². The normalized spacial score (nSPS) is 20.3. The minimum absolute atomic E-state index is 0.0215. The van der Waals surface area contributed by atoms with Crippen molar-refractivity contribution in [2.24, 2.45) is 28.5 Å². The molecule has 0 radical (unpaired) electrons. The number of aliphatic hydroxyl groups is 5. The lowest BCUT2D eigenvalue weighted by molar-refractivity contribution is -0.125. The molecule has 11 N–H and O–H groups in total. The molecular formula is C33H64N6O7. The second-order valence-corrected chi connectivity index (χ2v) is 13.5. The number of nitrogens with zero attached hydrogens (tertiary/aromatic N) is 1. The summed E-state index contributed by atoms with van der Waals surface area (Å²) in [7, 11) is 0. The van der Waals surface area contributed by atoms with E-state index in [0.29, 0.717) is 24.8 Å². The predicted octanol–water partition coefficient (Wildman–Crippen LogP) is 0.629. The predicted molar refractivity (Wildman–Crippen MR) is 181 cm³/mol. The van der Waals surface area contributed by atoms with Crippen LogP contribution in [-0.2, 0) is 9.59 Å². The number of amides is 2. The van der Waals surface area contributed by atoms with E-state index >= 15 is 0 Å². The largest absolute Gasteiger partial charge is 0.396 e. The Morgan fingerprint density at radius 3 is 2.17 bits per heavy atom. The van der Waals surface area contributed by atoms with Crippen LogP contribution in [-0.4, -0.2) is 105 Å². The monoisotopic (exact) mass is 656 g/mol. The molecule has 13 heteroatoms. The van der Waals surface area contributed by atoms with Gasteiger partial charge in [0, 0.05) is 38.1 Å². The van der Waals surface area contributed by atoms with Crippen molar-refractivity contribution < 1.29 is 35.1 Å². The van der Waals surface area contributed by atoms with Gasteiger partial charge in [-0.05, 0) is 69.6 Å². The minimum Gasteiger partial charge on any atom is -0.396 e. The molecule has 8 atom stereocenters. The third-order valence-corrected chi connectivity index (χ3v) is 8.37. The Hall–Kier alpha value is -2.13. The second kappa shape index (κ2) is 22.4. The highest BCUT2D eigenvalue weighted by Gasteiger charge is 2.30. The van der Waals surface area contributed by atoms with Crippen molar-refractivity contribution in [2.45, 2.75) is 148 Å². The van der Waals surface area contributed by atoms with Crippen LogP contribution in [0.5, 0.6) is 0 Å². The first-order valence-electron chi connectivity index (χ1n) is 17.1. The molecule has 0 saturated heterocycles. The Balaban J connectivity index is 3.19. The SMILES string of the molecule is CCC(NC(O)CCO)C(=O)NC(CCC(O)O)C(N)=NC(C(=O)NC(CNC(CC(C)C)C(C)O)CC1CC=CCC1)C(C)C. The molecule has 8 unspecified atom stereocenters. The summed E-state index contributed by atoms with van der Waals surface area (Å²) in [6.07, 6.45) is 5.98. The molecule has 0 fully saturated rings. The number of rotatable bonds is 23. The standard InChI is InChI=1S/C33H64N6O7/c1-7-25(37-28(42)15-16-40)32(45)38-26(13-14-29(43)44)31(34)39-30(21(4)5)33(46)36-24(18-23-11-9-8-10-12-23)19-35-27(22(6)41)17-20(2)3/h8-9,20-30,35,37,40-44H,7,10-19H2,1-6H3,(H2,34,39)(H,36,46)(H,38,45). The van der Waals surface area contributed by atoms with E-state index in [4.69, 9.17) is 10.8 Å². The summed E-state index contributed by atoms with van der Waals surface area (Å²) in [4.78, 5) is 31.5. The van der Waals surface area contributed by atoms with Crippen molar-refractivity contribution in [3.8, 4) is 0 Å². The molecular weight excluding hydrogens is 592 g/mol. The van der Waals surface area contributed by atoms with Gasteiger partial charge in [0.15, 0.2) is 6.29 Å². The van der Waals surface area contributed by atoms with E-state index in [-0.39, 0.29) is 55.6 Å². The van der Waals surface area contributed by atoms with Crippen molar-refractivity contribution in [1.29, 1.82) is 0 Å². The summed E-state index contributed by atoms with van der Waals surface area (Å²) in [5.74, 6) is -0.246. The summed E-state index contributed by atoms with van der Waals surface area (Å²) >= 11 is 0. The number of nitrogens with one attached hydrogen (secondary N) is 4. The molecule has 46 heavy (non-hydrogen) atoms. The van der Waals surface area contributed by atoms with Gasteiger partial charge in [-0.2, -0.15) is 0 Å².